The molecule has 3 nitrogen and oxygen atoms in total. The Hall–Kier alpha value is -1.52. The monoisotopic (exact) mass is 380 g/mol. The van der Waals surface area contributed by atoms with Crippen LogP contribution in [0.2, 0.25) is 15.1 Å². The standard InChI is InChI=1S/C18H15Cl3N2O/c19-15-4-1-13(2-5-15)18(10-23-8-7-22-12-23)24-11-14-3-6-16(20)9-17(14)21/h1-9,12,18H,10-11H2. The topological polar surface area (TPSA) is 27.1 Å². The Kier molecular flexibility index (Phi) is 5.80. The predicted molar refractivity (Wildman–Crippen MR) is 97.7 cm³/mol. The fourth-order valence-corrected chi connectivity index (χ4v) is 2.94. The van der Waals surface area contributed by atoms with Crippen LogP contribution in [0.25, 0.3) is 0 Å². The van der Waals surface area contributed by atoms with Gasteiger partial charge >= 0.3 is 0 Å². The molecule has 0 aliphatic carbocycles. The Balaban J connectivity index is 1.77. The number of rotatable bonds is 6. The van der Waals surface area contributed by atoms with Crippen molar-refractivity contribution < 1.29 is 4.74 Å². The summed E-state index contributed by atoms with van der Waals surface area (Å²) >= 11 is 18.1. The molecule has 0 N–H and O–H groups in total. The molecule has 0 amide bonds. The van der Waals surface area contributed by atoms with Crippen LogP contribution in [-0.2, 0) is 17.9 Å². The van der Waals surface area contributed by atoms with Crippen molar-refractivity contribution in [3.05, 3.63) is 87.4 Å². The van der Waals surface area contributed by atoms with Gasteiger partial charge in [-0.25, -0.2) is 4.98 Å². The van der Waals surface area contributed by atoms with E-state index in [1.165, 1.54) is 0 Å². The van der Waals surface area contributed by atoms with Crippen LogP contribution >= 0.6 is 34.8 Å². The maximum Gasteiger partial charge on any atom is 0.101 e. The molecule has 3 rings (SSSR count). The lowest BCUT2D eigenvalue weighted by atomic mass is 10.1. The van der Waals surface area contributed by atoms with Crippen molar-refractivity contribution in [1.29, 1.82) is 0 Å². The Labute approximate surface area is 155 Å². The number of benzene rings is 2. The maximum absolute atomic E-state index is 6.23. The van der Waals surface area contributed by atoms with E-state index >= 15 is 0 Å². The van der Waals surface area contributed by atoms with Gasteiger partial charge in [-0.2, -0.15) is 0 Å². The first kappa shape index (κ1) is 17.3. The van der Waals surface area contributed by atoms with Crippen LogP contribution < -0.4 is 0 Å². The normalized spacial score (nSPS) is 12.3. The van der Waals surface area contributed by atoms with Gasteiger partial charge in [0.1, 0.15) is 6.10 Å². The fraction of sp³-hybridized carbons (Fsp3) is 0.167. The van der Waals surface area contributed by atoms with Crippen LogP contribution in [0.4, 0.5) is 0 Å². The fourth-order valence-electron chi connectivity index (χ4n) is 2.35. The minimum absolute atomic E-state index is 0.150. The highest BCUT2D eigenvalue weighted by molar-refractivity contribution is 6.35. The van der Waals surface area contributed by atoms with Gasteiger partial charge in [0.25, 0.3) is 0 Å². The summed E-state index contributed by atoms with van der Waals surface area (Å²) < 4.78 is 8.10. The number of ether oxygens (including phenoxy) is 1. The third-order valence-corrected chi connectivity index (χ3v) is 4.47. The summed E-state index contributed by atoms with van der Waals surface area (Å²) in [5.41, 5.74) is 1.93. The summed E-state index contributed by atoms with van der Waals surface area (Å²) in [6.07, 6.45) is 5.26. The highest BCUT2D eigenvalue weighted by Crippen LogP contribution is 2.26. The average Bonchev–Trinajstić information content (AvgIpc) is 3.07. The first-order valence-corrected chi connectivity index (χ1v) is 8.52. The molecule has 1 atom stereocenters. The molecule has 1 aromatic heterocycles. The zero-order valence-corrected chi connectivity index (χ0v) is 15.0. The molecule has 0 saturated carbocycles. The molecule has 0 radical (unpaired) electrons. The van der Waals surface area contributed by atoms with Gasteiger partial charge in [0.2, 0.25) is 0 Å². The molecule has 1 heterocycles. The van der Waals surface area contributed by atoms with Crippen molar-refractivity contribution in [2.75, 3.05) is 0 Å². The number of halogens is 3. The van der Waals surface area contributed by atoms with E-state index in [0.29, 0.717) is 28.2 Å². The maximum atomic E-state index is 6.23. The molecular formula is C18H15Cl3N2O. The summed E-state index contributed by atoms with van der Waals surface area (Å²) in [4.78, 5) is 4.08. The minimum Gasteiger partial charge on any atom is -0.367 e. The van der Waals surface area contributed by atoms with Gasteiger partial charge in [-0.05, 0) is 35.4 Å². The summed E-state index contributed by atoms with van der Waals surface area (Å²) in [7, 11) is 0. The van der Waals surface area contributed by atoms with E-state index in [1.54, 1.807) is 24.7 Å². The molecule has 124 valence electrons. The Morgan fingerprint density at radius 1 is 1.00 bits per heavy atom. The van der Waals surface area contributed by atoms with Crippen LogP contribution in [-0.4, -0.2) is 9.55 Å². The first-order valence-electron chi connectivity index (χ1n) is 7.38. The Morgan fingerprint density at radius 3 is 2.42 bits per heavy atom. The second kappa shape index (κ2) is 8.04. The van der Waals surface area contributed by atoms with Gasteiger partial charge in [0.05, 0.1) is 19.5 Å². The second-order valence-corrected chi connectivity index (χ2v) is 6.63. The van der Waals surface area contributed by atoms with E-state index in [0.717, 1.165) is 11.1 Å². The van der Waals surface area contributed by atoms with E-state index < -0.39 is 0 Å². The lowest BCUT2D eigenvalue weighted by molar-refractivity contribution is 0.0280. The number of imidazole rings is 1. The summed E-state index contributed by atoms with van der Waals surface area (Å²) in [6.45, 7) is 1.03. The molecule has 0 aliphatic heterocycles. The molecule has 0 bridgehead atoms. The van der Waals surface area contributed by atoms with Crippen molar-refractivity contribution in [2.45, 2.75) is 19.3 Å². The zero-order chi connectivity index (χ0) is 16.9. The van der Waals surface area contributed by atoms with Crippen LogP contribution in [0, 0.1) is 0 Å². The van der Waals surface area contributed by atoms with Crippen LogP contribution in [0.3, 0.4) is 0 Å². The number of nitrogens with zero attached hydrogens (tertiary/aromatic N) is 2. The molecule has 0 aliphatic rings. The quantitative estimate of drug-likeness (QED) is 0.539. The van der Waals surface area contributed by atoms with Crippen molar-refractivity contribution in [2.24, 2.45) is 0 Å². The zero-order valence-electron chi connectivity index (χ0n) is 12.7. The lowest BCUT2D eigenvalue weighted by Gasteiger charge is -2.19. The van der Waals surface area contributed by atoms with Gasteiger partial charge in [0, 0.05) is 27.5 Å². The highest BCUT2D eigenvalue weighted by Gasteiger charge is 2.14. The van der Waals surface area contributed by atoms with Crippen molar-refractivity contribution >= 4 is 34.8 Å². The molecule has 24 heavy (non-hydrogen) atoms. The third kappa shape index (κ3) is 4.52. The van der Waals surface area contributed by atoms with Crippen LogP contribution in [0.15, 0.2) is 61.2 Å². The van der Waals surface area contributed by atoms with E-state index in [9.17, 15) is 0 Å². The van der Waals surface area contributed by atoms with Crippen LogP contribution in [0.5, 0.6) is 0 Å². The summed E-state index contributed by atoms with van der Waals surface area (Å²) in [5, 5.41) is 1.90. The van der Waals surface area contributed by atoms with Crippen molar-refractivity contribution in [3.8, 4) is 0 Å². The van der Waals surface area contributed by atoms with Gasteiger partial charge in [-0.1, -0.05) is 53.0 Å². The summed E-state index contributed by atoms with van der Waals surface area (Å²) in [6, 6.07) is 13.0. The van der Waals surface area contributed by atoms with Gasteiger partial charge in [-0.15, -0.1) is 0 Å². The molecule has 6 heteroatoms. The number of hydrogen-bond acceptors (Lipinski definition) is 2. The Morgan fingerprint density at radius 2 is 1.75 bits per heavy atom. The van der Waals surface area contributed by atoms with Gasteiger partial charge in [0.15, 0.2) is 0 Å². The van der Waals surface area contributed by atoms with E-state index in [4.69, 9.17) is 39.5 Å². The molecule has 2 aromatic carbocycles. The van der Waals surface area contributed by atoms with Gasteiger partial charge < -0.3 is 9.30 Å². The summed E-state index contributed by atoms with van der Waals surface area (Å²) in [5.74, 6) is 0. The minimum atomic E-state index is -0.150. The molecule has 0 saturated heterocycles. The van der Waals surface area contributed by atoms with Crippen molar-refractivity contribution in [1.82, 2.24) is 9.55 Å². The van der Waals surface area contributed by atoms with E-state index in [1.807, 2.05) is 41.1 Å². The highest BCUT2D eigenvalue weighted by atomic mass is 35.5. The number of hydrogen-bond donors (Lipinski definition) is 0. The first-order chi connectivity index (χ1) is 11.6. The van der Waals surface area contributed by atoms with Gasteiger partial charge in [-0.3, -0.25) is 0 Å². The average molecular weight is 382 g/mol. The van der Waals surface area contributed by atoms with E-state index in [-0.39, 0.29) is 6.10 Å². The third-order valence-electron chi connectivity index (χ3n) is 3.63. The largest absolute Gasteiger partial charge is 0.367 e. The number of aromatic nitrogens is 2. The molecule has 3 aromatic rings. The lowest BCUT2D eigenvalue weighted by Crippen LogP contribution is -2.12. The molecule has 0 spiro atoms. The van der Waals surface area contributed by atoms with Crippen LogP contribution in [0.1, 0.15) is 17.2 Å². The SMILES string of the molecule is Clc1ccc(C(Cn2ccnc2)OCc2ccc(Cl)cc2Cl)cc1. The predicted octanol–water partition coefficient (Wildman–Crippen LogP) is 5.80. The van der Waals surface area contributed by atoms with Crippen molar-refractivity contribution in [3.63, 3.8) is 0 Å². The molecule has 0 fully saturated rings. The molecular weight excluding hydrogens is 367 g/mol. The Bertz CT molecular complexity index is 789. The molecule has 1 unspecified atom stereocenters. The smallest absolute Gasteiger partial charge is 0.101 e. The second-order valence-electron chi connectivity index (χ2n) is 5.35. The van der Waals surface area contributed by atoms with E-state index in [2.05, 4.69) is 4.98 Å².